The number of methoxy groups -OCH3 is 1. The second-order valence-corrected chi connectivity index (χ2v) is 6.04. The Morgan fingerprint density at radius 1 is 1.27 bits per heavy atom. The van der Waals surface area contributed by atoms with Crippen LogP contribution >= 0.6 is 0 Å². The number of hydrogen-bond acceptors (Lipinski definition) is 4. The molecular weight excluding hydrogens is 278 g/mol. The fraction of sp³-hybridized carbons (Fsp3) is 0.588. The van der Waals surface area contributed by atoms with Crippen LogP contribution in [0.2, 0.25) is 0 Å². The van der Waals surface area contributed by atoms with Gasteiger partial charge in [-0.15, -0.1) is 0 Å². The Hall–Kier alpha value is -1.59. The topological polar surface area (TPSA) is 81.6 Å². The highest BCUT2D eigenvalue weighted by atomic mass is 16.5. The number of amides is 1. The van der Waals surface area contributed by atoms with E-state index >= 15 is 0 Å². The molecule has 0 spiro atoms. The minimum absolute atomic E-state index is 0.0424. The van der Waals surface area contributed by atoms with E-state index in [1.54, 1.807) is 7.11 Å². The van der Waals surface area contributed by atoms with Crippen molar-refractivity contribution in [2.75, 3.05) is 20.2 Å². The molecule has 0 bridgehead atoms. The molecule has 5 heteroatoms. The number of hydrogen-bond donors (Lipinski definition) is 2. The van der Waals surface area contributed by atoms with E-state index in [-0.39, 0.29) is 11.9 Å². The fourth-order valence-corrected chi connectivity index (χ4v) is 2.96. The molecular formula is C17H27N3O2. The molecule has 22 heavy (non-hydrogen) atoms. The Morgan fingerprint density at radius 3 is 2.68 bits per heavy atom. The normalized spacial score (nSPS) is 17.9. The van der Waals surface area contributed by atoms with Gasteiger partial charge in [-0.1, -0.05) is 12.1 Å². The Morgan fingerprint density at radius 2 is 2.00 bits per heavy atom. The van der Waals surface area contributed by atoms with Gasteiger partial charge in [0.1, 0.15) is 5.75 Å². The summed E-state index contributed by atoms with van der Waals surface area (Å²) in [5, 5.41) is 0. The van der Waals surface area contributed by atoms with Crippen molar-refractivity contribution in [3.05, 3.63) is 29.8 Å². The molecule has 4 N–H and O–H groups in total. The molecule has 1 fully saturated rings. The summed E-state index contributed by atoms with van der Waals surface area (Å²) in [6.07, 6.45) is 4.56. The summed E-state index contributed by atoms with van der Waals surface area (Å²) in [6.45, 7) is 1.66. The lowest BCUT2D eigenvalue weighted by atomic mass is 9.99. The van der Waals surface area contributed by atoms with E-state index in [0.29, 0.717) is 12.8 Å². The summed E-state index contributed by atoms with van der Waals surface area (Å²) >= 11 is 0. The first-order valence-electron chi connectivity index (χ1n) is 8.03. The smallest absolute Gasteiger partial charge is 0.239 e. The minimum Gasteiger partial charge on any atom is -0.497 e. The van der Waals surface area contributed by atoms with Crippen LogP contribution in [-0.4, -0.2) is 43.1 Å². The third-order valence-corrected chi connectivity index (χ3v) is 4.17. The van der Waals surface area contributed by atoms with Crippen molar-refractivity contribution < 1.29 is 9.53 Å². The zero-order chi connectivity index (χ0) is 15.9. The Bertz CT molecular complexity index is 487. The summed E-state index contributed by atoms with van der Waals surface area (Å²) in [4.78, 5) is 14.2. The third kappa shape index (κ3) is 4.71. The van der Waals surface area contributed by atoms with E-state index in [9.17, 15) is 4.79 Å². The fourth-order valence-electron chi connectivity index (χ4n) is 2.96. The number of rotatable bonds is 6. The monoisotopic (exact) mass is 305 g/mol. The van der Waals surface area contributed by atoms with Crippen LogP contribution in [0.1, 0.15) is 31.2 Å². The molecule has 5 nitrogen and oxygen atoms in total. The molecule has 0 aromatic heterocycles. The van der Waals surface area contributed by atoms with Crippen molar-refractivity contribution in [3.63, 3.8) is 0 Å². The highest BCUT2D eigenvalue weighted by Crippen LogP contribution is 2.15. The summed E-state index contributed by atoms with van der Waals surface area (Å²) < 4.78 is 5.21. The van der Waals surface area contributed by atoms with Crippen LogP contribution in [0.25, 0.3) is 0 Å². The van der Waals surface area contributed by atoms with Gasteiger partial charge in [0.25, 0.3) is 0 Å². The maximum absolute atomic E-state index is 12.3. The number of carbonyl (C=O) groups is 1. The molecule has 1 heterocycles. The lowest BCUT2D eigenvalue weighted by Crippen LogP contribution is -2.48. The lowest BCUT2D eigenvalue weighted by molar-refractivity contribution is -0.133. The van der Waals surface area contributed by atoms with Gasteiger partial charge in [0.15, 0.2) is 0 Å². The van der Waals surface area contributed by atoms with Gasteiger partial charge in [-0.2, -0.15) is 0 Å². The molecule has 0 radical (unpaired) electrons. The second kappa shape index (κ2) is 8.15. The minimum atomic E-state index is -0.501. The first-order valence-corrected chi connectivity index (χ1v) is 8.03. The van der Waals surface area contributed by atoms with Gasteiger partial charge < -0.3 is 21.1 Å². The first-order chi connectivity index (χ1) is 10.6. The van der Waals surface area contributed by atoms with Crippen LogP contribution in [-0.2, 0) is 11.2 Å². The molecule has 0 aliphatic carbocycles. The predicted octanol–water partition coefficient (Wildman–Crippen LogP) is 1.29. The standard InChI is InChI=1S/C17H27N3O2/c1-22-15-7-5-6-13(11-15)10-14(18)12-16(19)17(21)20-8-3-2-4-9-20/h5-7,11,14,16H,2-4,8-10,12,18-19H2,1H3/t14?,16-/m0/s1. The summed E-state index contributed by atoms with van der Waals surface area (Å²) in [7, 11) is 1.65. The molecule has 2 atom stereocenters. The number of nitrogens with two attached hydrogens (primary N) is 2. The number of benzene rings is 1. The van der Waals surface area contributed by atoms with Crippen molar-refractivity contribution in [1.29, 1.82) is 0 Å². The van der Waals surface area contributed by atoms with Gasteiger partial charge >= 0.3 is 0 Å². The quantitative estimate of drug-likeness (QED) is 0.830. The molecule has 1 aromatic rings. The molecule has 1 unspecified atom stereocenters. The van der Waals surface area contributed by atoms with E-state index in [1.165, 1.54) is 6.42 Å². The largest absolute Gasteiger partial charge is 0.497 e. The van der Waals surface area contributed by atoms with Crippen LogP contribution < -0.4 is 16.2 Å². The average Bonchev–Trinajstić information content (AvgIpc) is 2.55. The Balaban J connectivity index is 1.84. The van der Waals surface area contributed by atoms with E-state index in [0.717, 1.165) is 37.2 Å². The number of piperidine rings is 1. The number of ether oxygens (including phenoxy) is 1. The van der Waals surface area contributed by atoms with Crippen LogP contribution in [0.4, 0.5) is 0 Å². The predicted molar refractivity (Wildman–Crippen MR) is 87.7 cm³/mol. The zero-order valence-electron chi connectivity index (χ0n) is 13.3. The molecule has 1 amide bonds. The van der Waals surface area contributed by atoms with E-state index < -0.39 is 6.04 Å². The van der Waals surface area contributed by atoms with Crippen LogP contribution in [0.5, 0.6) is 5.75 Å². The SMILES string of the molecule is COc1cccc(CC(N)C[C@H](N)C(=O)N2CCCCC2)c1. The summed E-state index contributed by atoms with van der Waals surface area (Å²) in [6, 6.07) is 7.20. The maximum Gasteiger partial charge on any atom is 0.239 e. The van der Waals surface area contributed by atoms with Crippen molar-refractivity contribution in [2.45, 2.75) is 44.2 Å². The van der Waals surface area contributed by atoms with Gasteiger partial charge in [0.05, 0.1) is 13.2 Å². The van der Waals surface area contributed by atoms with Crippen molar-refractivity contribution >= 4 is 5.91 Å². The molecule has 1 saturated heterocycles. The average molecular weight is 305 g/mol. The van der Waals surface area contributed by atoms with Gasteiger partial charge in [0, 0.05) is 19.1 Å². The molecule has 1 aliphatic rings. The Labute approximate surface area is 132 Å². The van der Waals surface area contributed by atoms with Crippen LogP contribution in [0.15, 0.2) is 24.3 Å². The van der Waals surface area contributed by atoms with Gasteiger partial charge in [-0.3, -0.25) is 4.79 Å². The van der Waals surface area contributed by atoms with Gasteiger partial charge in [-0.05, 0) is 49.8 Å². The lowest BCUT2D eigenvalue weighted by Gasteiger charge is -2.29. The van der Waals surface area contributed by atoms with Crippen molar-refractivity contribution in [2.24, 2.45) is 11.5 Å². The molecule has 2 rings (SSSR count). The maximum atomic E-state index is 12.3. The number of nitrogens with zero attached hydrogens (tertiary/aromatic N) is 1. The highest BCUT2D eigenvalue weighted by molar-refractivity contribution is 5.81. The van der Waals surface area contributed by atoms with Gasteiger partial charge in [-0.25, -0.2) is 0 Å². The highest BCUT2D eigenvalue weighted by Gasteiger charge is 2.24. The van der Waals surface area contributed by atoms with Crippen LogP contribution in [0, 0.1) is 0 Å². The third-order valence-electron chi connectivity index (χ3n) is 4.17. The van der Waals surface area contributed by atoms with Crippen LogP contribution in [0.3, 0.4) is 0 Å². The van der Waals surface area contributed by atoms with E-state index in [2.05, 4.69) is 0 Å². The second-order valence-electron chi connectivity index (χ2n) is 6.04. The molecule has 1 aliphatic heterocycles. The van der Waals surface area contributed by atoms with Crippen molar-refractivity contribution in [3.8, 4) is 5.75 Å². The van der Waals surface area contributed by atoms with Gasteiger partial charge in [0.2, 0.25) is 5.91 Å². The summed E-state index contributed by atoms with van der Waals surface area (Å²) in [5.74, 6) is 0.860. The molecule has 0 saturated carbocycles. The van der Waals surface area contributed by atoms with E-state index in [4.69, 9.17) is 16.2 Å². The number of carbonyl (C=O) groups excluding carboxylic acids is 1. The summed E-state index contributed by atoms with van der Waals surface area (Å²) in [5.41, 5.74) is 13.3. The molecule has 122 valence electrons. The number of likely N-dealkylation sites (tertiary alicyclic amines) is 1. The van der Waals surface area contributed by atoms with Crippen molar-refractivity contribution in [1.82, 2.24) is 4.90 Å². The zero-order valence-corrected chi connectivity index (χ0v) is 13.3. The van der Waals surface area contributed by atoms with E-state index in [1.807, 2.05) is 29.2 Å². The molecule has 1 aromatic carbocycles. The first kappa shape index (κ1) is 16.8. The Kier molecular flexibility index (Phi) is 6.21.